The van der Waals surface area contributed by atoms with Crippen LogP contribution in [0.2, 0.25) is 0 Å². The van der Waals surface area contributed by atoms with Crippen LogP contribution in [0.3, 0.4) is 0 Å². The number of rotatable bonds is 3. The molecule has 3 unspecified atom stereocenters. The summed E-state index contributed by atoms with van der Waals surface area (Å²) in [6.45, 7) is -0.392. The lowest BCUT2D eigenvalue weighted by molar-refractivity contribution is -0.202. The maximum absolute atomic E-state index is 12.1. The smallest absolute Gasteiger partial charge is 0.382 e. The minimum atomic E-state index is -4.52. The molecule has 0 aromatic carbocycles. The van der Waals surface area contributed by atoms with Crippen LogP contribution in [0.5, 0.6) is 0 Å². The van der Waals surface area contributed by atoms with E-state index < -0.39 is 18.8 Å². The molecule has 3 atom stereocenters. The molecule has 3 nitrogen and oxygen atoms in total. The maximum atomic E-state index is 12.1. The number of hydrogen-bond donors (Lipinski definition) is 2. The number of piperidine rings is 1. The van der Waals surface area contributed by atoms with Gasteiger partial charge >= 0.3 is 6.18 Å². The van der Waals surface area contributed by atoms with E-state index in [-0.39, 0.29) is 6.04 Å². The topological polar surface area (TPSA) is 35.5 Å². The molecule has 0 aromatic heterocycles. The first-order valence-corrected chi connectivity index (χ1v) is 6.08. The van der Waals surface area contributed by atoms with Gasteiger partial charge in [-0.25, -0.2) is 0 Å². The number of nitrogens with zero attached hydrogens (tertiary/aromatic N) is 1. The minimum absolute atomic E-state index is 0.112. The van der Waals surface area contributed by atoms with E-state index in [2.05, 4.69) is 17.3 Å². The first-order valence-electron chi connectivity index (χ1n) is 6.08. The number of aliphatic hydroxyl groups excluding tert-OH is 1. The quantitative estimate of drug-likeness (QED) is 0.790. The monoisotopic (exact) mass is 252 g/mol. The molecule has 17 heavy (non-hydrogen) atoms. The van der Waals surface area contributed by atoms with Gasteiger partial charge in [0.15, 0.2) is 6.10 Å². The number of hydrogen-bond acceptors (Lipinski definition) is 3. The molecule has 2 N–H and O–H groups in total. The third-order valence-corrected chi connectivity index (χ3v) is 4.08. The van der Waals surface area contributed by atoms with E-state index in [0.29, 0.717) is 12.1 Å². The van der Waals surface area contributed by atoms with Gasteiger partial charge in [0.2, 0.25) is 0 Å². The van der Waals surface area contributed by atoms with Crippen LogP contribution in [0.1, 0.15) is 25.7 Å². The highest BCUT2D eigenvalue weighted by Crippen LogP contribution is 2.34. The molecule has 2 saturated heterocycles. The third-order valence-electron chi connectivity index (χ3n) is 4.08. The summed E-state index contributed by atoms with van der Waals surface area (Å²) in [5.74, 6) is 0. The van der Waals surface area contributed by atoms with Crippen LogP contribution in [0, 0.1) is 0 Å². The SMILES string of the molecule is CN1C2CCC1CC(NCC(O)C(F)(F)F)C2. The average molecular weight is 252 g/mol. The molecule has 6 heteroatoms. The summed E-state index contributed by atoms with van der Waals surface area (Å²) in [6.07, 6.45) is -2.71. The van der Waals surface area contributed by atoms with Crippen molar-refractivity contribution in [1.29, 1.82) is 0 Å². The first kappa shape index (κ1) is 13.1. The number of fused-ring (bicyclic) bond motifs is 2. The summed E-state index contributed by atoms with van der Waals surface area (Å²) in [4.78, 5) is 2.33. The van der Waals surface area contributed by atoms with Crippen LogP contribution in [-0.4, -0.2) is 54.0 Å². The molecule has 100 valence electrons. The second kappa shape index (κ2) is 4.74. The van der Waals surface area contributed by atoms with Crippen molar-refractivity contribution in [3.8, 4) is 0 Å². The van der Waals surface area contributed by atoms with E-state index in [0.717, 1.165) is 25.7 Å². The summed E-state index contributed by atoms with van der Waals surface area (Å²) in [7, 11) is 2.09. The highest BCUT2D eigenvalue weighted by atomic mass is 19.4. The zero-order chi connectivity index (χ0) is 12.6. The lowest BCUT2D eigenvalue weighted by Gasteiger charge is -2.37. The Balaban J connectivity index is 1.78. The molecule has 2 bridgehead atoms. The van der Waals surface area contributed by atoms with Gasteiger partial charge in [-0.15, -0.1) is 0 Å². The predicted molar refractivity (Wildman–Crippen MR) is 57.7 cm³/mol. The van der Waals surface area contributed by atoms with Crippen molar-refractivity contribution in [2.24, 2.45) is 0 Å². The molecule has 0 aromatic rings. The zero-order valence-corrected chi connectivity index (χ0v) is 9.87. The van der Waals surface area contributed by atoms with Gasteiger partial charge < -0.3 is 15.3 Å². The lowest BCUT2D eigenvalue weighted by Crippen LogP contribution is -2.50. The molecule has 0 saturated carbocycles. The van der Waals surface area contributed by atoms with Crippen molar-refractivity contribution in [3.63, 3.8) is 0 Å². The third kappa shape index (κ3) is 2.92. The van der Waals surface area contributed by atoms with Crippen LogP contribution in [0.25, 0.3) is 0 Å². The summed E-state index contributed by atoms with van der Waals surface area (Å²) >= 11 is 0. The molecule has 0 spiro atoms. The minimum Gasteiger partial charge on any atom is -0.382 e. The molecule has 2 aliphatic rings. The van der Waals surface area contributed by atoms with Gasteiger partial charge in [0.1, 0.15) is 0 Å². The van der Waals surface area contributed by atoms with Crippen LogP contribution < -0.4 is 5.32 Å². The van der Waals surface area contributed by atoms with Crippen LogP contribution in [0.4, 0.5) is 13.2 Å². The standard InChI is InChI=1S/C11H19F3N2O/c1-16-8-2-3-9(16)5-7(4-8)15-6-10(17)11(12,13)14/h7-10,15,17H,2-6H2,1H3. The zero-order valence-electron chi connectivity index (χ0n) is 9.87. The number of nitrogens with one attached hydrogen (secondary N) is 1. The van der Waals surface area contributed by atoms with E-state index in [1.165, 1.54) is 0 Å². The number of alkyl halides is 3. The Hall–Kier alpha value is -0.330. The molecule has 2 aliphatic heterocycles. The van der Waals surface area contributed by atoms with Crippen LogP contribution in [-0.2, 0) is 0 Å². The number of aliphatic hydroxyl groups is 1. The highest BCUT2D eigenvalue weighted by Gasteiger charge is 2.41. The van der Waals surface area contributed by atoms with Crippen molar-refractivity contribution in [2.75, 3.05) is 13.6 Å². The Kier molecular flexibility index (Phi) is 3.66. The molecule has 0 radical (unpaired) electrons. The Bertz CT molecular complexity index is 258. The van der Waals surface area contributed by atoms with E-state index in [4.69, 9.17) is 5.11 Å². The average Bonchev–Trinajstić information content (AvgIpc) is 2.50. The molecule has 2 rings (SSSR count). The van der Waals surface area contributed by atoms with Crippen LogP contribution >= 0.6 is 0 Å². The fourth-order valence-electron chi connectivity index (χ4n) is 2.97. The fraction of sp³-hybridized carbons (Fsp3) is 1.00. The maximum Gasteiger partial charge on any atom is 0.415 e. The van der Waals surface area contributed by atoms with Gasteiger partial charge in [-0.05, 0) is 32.7 Å². The van der Waals surface area contributed by atoms with Crippen molar-refractivity contribution in [1.82, 2.24) is 10.2 Å². The molecular formula is C11H19F3N2O. The lowest BCUT2D eigenvalue weighted by atomic mass is 9.98. The van der Waals surface area contributed by atoms with Gasteiger partial charge in [0.05, 0.1) is 0 Å². The summed E-state index contributed by atoms with van der Waals surface area (Å²) < 4.78 is 36.4. The molecule has 2 heterocycles. The predicted octanol–water partition coefficient (Wildman–Crippen LogP) is 1.12. The largest absolute Gasteiger partial charge is 0.415 e. The van der Waals surface area contributed by atoms with Crippen molar-refractivity contribution in [3.05, 3.63) is 0 Å². The Labute approximate surface area is 99.0 Å². The molecule has 0 aliphatic carbocycles. The second-order valence-corrected chi connectivity index (χ2v) is 5.18. The van der Waals surface area contributed by atoms with E-state index >= 15 is 0 Å². The summed E-state index contributed by atoms with van der Waals surface area (Å²) in [6, 6.07) is 1.10. The van der Waals surface area contributed by atoms with Crippen LogP contribution in [0.15, 0.2) is 0 Å². The van der Waals surface area contributed by atoms with Crippen molar-refractivity contribution >= 4 is 0 Å². The molecular weight excluding hydrogens is 233 g/mol. The normalized spacial score (nSPS) is 36.2. The molecule has 0 amide bonds. The van der Waals surface area contributed by atoms with Gasteiger partial charge in [0, 0.05) is 24.7 Å². The van der Waals surface area contributed by atoms with Gasteiger partial charge in [-0.1, -0.05) is 0 Å². The Morgan fingerprint density at radius 2 is 1.82 bits per heavy atom. The van der Waals surface area contributed by atoms with E-state index in [9.17, 15) is 13.2 Å². The van der Waals surface area contributed by atoms with E-state index in [1.54, 1.807) is 0 Å². The highest BCUT2D eigenvalue weighted by molar-refractivity contribution is 4.96. The van der Waals surface area contributed by atoms with E-state index in [1.807, 2.05) is 0 Å². The summed E-state index contributed by atoms with van der Waals surface area (Å²) in [5.41, 5.74) is 0. The van der Waals surface area contributed by atoms with Crippen molar-refractivity contribution < 1.29 is 18.3 Å². The Morgan fingerprint density at radius 1 is 1.29 bits per heavy atom. The number of halogens is 3. The second-order valence-electron chi connectivity index (χ2n) is 5.18. The molecule has 2 fully saturated rings. The van der Waals surface area contributed by atoms with Gasteiger partial charge in [0.25, 0.3) is 0 Å². The summed E-state index contributed by atoms with van der Waals surface area (Å²) in [5, 5.41) is 11.8. The fourth-order valence-corrected chi connectivity index (χ4v) is 2.97. The van der Waals surface area contributed by atoms with Crippen molar-refractivity contribution in [2.45, 2.75) is 56.1 Å². The van der Waals surface area contributed by atoms with Gasteiger partial charge in [-0.3, -0.25) is 0 Å². The Morgan fingerprint density at radius 3 is 2.29 bits per heavy atom. The van der Waals surface area contributed by atoms with Gasteiger partial charge in [-0.2, -0.15) is 13.2 Å². The first-order chi connectivity index (χ1) is 7.88.